The first-order valence-electron chi connectivity index (χ1n) is 5.79. The molecule has 82 valence electrons. The maximum atomic E-state index is 5.07. The lowest BCUT2D eigenvalue weighted by Crippen LogP contribution is -2.34. The lowest BCUT2D eigenvalue weighted by atomic mass is 9.87. The Balaban J connectivity index is 1.97. The predicted octanol–water partition coefficient (Wildman–Crippen LogP) is 2.70. The molecule has 1 aliphatic rings. The summed E-state index contributed by atoms with van der Waals surface area (Å²) in [7, 11) is 0. The Morgan fingerprint density at radius 1 is 1.50 bits per heavy atom. The van der Waals surface area contributed by atoms with Gasteiger partial charge in [0.2, 0.25) is 0 Å². The van der Waals surface area contributed by atoms with E-state index in [4.69, 9.17) is 4.74 Å². The van der Waals surface area contributed by atoms with Gasteiger partial charge in [-0.25, -0.2) is 0 Å². The van der Waals surface area contributed by atoms with Crippen LogP contribution in [-0.4, -0.2) is 19.2 Å². The smallest absolute Gasteiger partial charge is 0.0885 e. The van der Waals surface area contributed by atoms with E-state index in [9.17, 15) is 0 Å². The zero-order valence-electron chi connectivity index (χ0n) is 9.30. The number of nitrogens with one attached hydrogen (secondary N) is 1. The summed E-state index contributed by atoms with van der Waals surface area (Å²) in [5.41, 5.74) is 0. The molecule has 0 saturated heterocycles. The van der Waals surface area contributed by atoms with Gasteiger partial charge in [-0.3, -0.25) is 0 Å². The first kappa shape index (κ1) is 11.6. The summed E-state index contributed by atoms with van der Waals surface area (Å²) < 4.78 is 5.07. The van der Waals surface area contributed by atoms with Gasteiger partial charge in [0.25, 0.3) is 0 Å². The first-order valence-corrected chi connectivity index (χ1v) is 5.79. The molecule has 0 radical (unpaired) electrons. The molecule has 14 heavy (non-hydrogen) atoms. The zero-order valence-corrected chi connectivity index (χ0v) is 9.30. The predicted molar refractivity (Wildman–Crippen MR) is 60.2 cm³/mol. The number of hydrogen-bond acceptors (Lipinski definition) is 2. The van der Waals surface area contributed by atoms with E-state index in [0.29, 0.717) is 0 Å². The molecule has 0 spiro atoms. The van der Waals surface area contributed by atoms with E-state index in [1.807, 2.05) is 0 Å². The molecule has 2 heteroatoms. The Kier molecular flexibility index (Phi) is 5.69. The van der Waals surface area contributed by atoms with Crippen molar-refractivity contribution in [2.75, 3.05) is 13.2 Å². The van der Waals surface area contributed by atoms with Crippen LogP contribution in [0.4, 0.5) is 0 Å². The van der Waals surface area contributed by atoms with Gasteiger partial charge in [-0.05, 0) is 31.7 Å². The monoisotopic (exact) mass is 197 g/mol. The minimum absolute atomic E-state index is 0.752. The molecule has 0 aliphatic heterocycles. The molecule has 1 saturated carbocycles. The van der Waals surface area contributed by atoms with E-state index in [1.165, 1.54) is 31.9 Å². The van der Waals surface area contributed by atoms with Crippen LogP contribution >= 0.6 is 0 Å². The minimum atomic E-state index is 0.752. The average Bonchev–Trinajstić information content (AvgIpc) is 2.18. The highest BCUT2D eigenvalue weighted by molar-refractivity contribution is 4.75. The molecule has 0 heterocycles. The summed E-state index contributed by atoms with van der Waals surface area (Å²) in [4.78, 5) is 0. The average molecular weight is 197 g/mol. The second-order valence-electron chi connectivity index (χ2n) is 4.31. The van der Waals surface area contributed by atoms with Crippen molar-refractivity contribution in [2.24, 2.45) is 5.92 Å². The van der Waals surface area contributed by atoms with Crippen molar-refractivity contribution in [3.05, 3.63) is 12.8 Å². The second kappa shape index (κ2) is 6.88. The molecule has 1 aliphatic carbocycles. The Morgan fingerprint density at radius 2 is 2.36 bits per heavy atom. The molecule has 0 aromatic rings. The highest BCUT2D eigenvalue weighted by atomic mass is 16.5. The molecule has 1 N–H and O–H groups in total. The van der Waals surface area contributed by atoms with Gasteiger partial charge in [0.05, 0.1) is 12.9 Å². The quantitative estimate of drug-likeness (QED) is 0.522. The molecule has 0 aromatic carbocycles. The van der Waals surface area contributed by atoms with Crippen molar-refractivity contribution in [1.82, 2.24) is 5.32 Å². The van der Waals surface area contributed by atoms with Crippen LogP contribution in [-0.2, 0) is 4.74 Å². The summed E-state index contributed by atoms with van der Waals surface area (Å²) >= 11 is 0. The molecular formula is C12H23NO. The third-order valence-electron chi connectivity index (χ3n) is 2.93. The first-order chi connectivity index (χ1) is 6.83. The van der Waals surface area contributed by atoms with E-state index < -0.39 is 0 Å². The van der Waals surface area contributed by atoms with E-state index in [0.717, 1.165) is 31.5 Å². The van der Waals surface area contributed by atoms with Crippen molar-refractivity contribution in [1.29, 1.82) is 0 Å². The van der Waals surface area contributed by atoms with Crippen LogP contribution in [0, 0.1) is 5.92 Å². The van der Waals surface area contributed by atoms with Gasteiger partial charge < -0.3 is 10.1 Å². The van der Waals surface area contributed by atoms with E-state index in [2.05, 4.69) is 18.8 Å². The van der Waals surface area contributed by atoms with Crippen molar-refractivity contribution in [3.63, 3.8) is 0 Å². The minimum Gasteiger partial charge on any atom is -0.502 e. The molecule has 2 atom stereocenters. The second-order valence-corrected chi connectivity index (χ2v) is 4.31. The highest BCUT2D eigenvalue weighted by Gasteiger charge is 2.17. The van der Waals surface area contributed by atoms with Crippen LogP contribution in [0.5, 0.6) is 0 Å². The van der Waals surface area contributed by atoms with Gasteiger partial charge >= 0.3 is 0 Å². The molecule has 0 amide bonds. The summed E-state index contributed by atoms with van der Waals surface area (Å²) in [5.74, 6) is 0.908. The van der Waals surface area contributed by atoms with Gasteiger partial charge in [-0.2, -0.15) is 0 Å². The molecule has 1 rings (SSSR count). The topological polar surface area (TPSA) is 21.3 Å². The van der Waals surface area contributed by atoms with Crippen molar-refractivity contribution in [3.8, 4) is 0 Å². The standard InChI is InChI=1S/C12H23NO/c1-3-14-9-5-8-13-12-7-4-6-11(2)10-12/h3,11-13H,1,4-10H2,2H3. The summed E-state index contributed by atoms with van der Waals surface area (Å²) in [6, 6.07) is 0.752. The summed E-state index contributed by atoms with van der Waals surface area (Å²) in [5, 5.41) is 3.60. The van der Waals surface area contributed by atoms with Gasteiger partial charge in [0.15, 0.2) is 0 Å². The normalized spacial score (nSPS) is 27.2. The molecular weight excluding hydrogens is 174 g/mol. The van der Waals surface area contributed by atoms with Crippen molar-refractivity contribution >= 4 is 0 Å². The Hall–Kier alpha value is -0.500. The van der Waals surface area contributed by atoms with Crippen molar-refractivity contribution < 1.29 is 4.74 Å². The fraction of sp³-hybridized carbons (Fsp3) is 0.833. The summed E-state index contributed by atoms with van der Waals surface area (Å²) in [6.45, 7) is 7.74. The lowest BCUT2D eigenvalue weighted by Gasteiger charge is -2.27. The molecule has 0 bridgehead atoms. The Morgan fingerprint density at radius 3 is 3.07 bits per heavy atom. The Bertz CT molecular complexity index is 158. The van der Waals surface area contributed by atoms with Gasteiger partial charge in [-0.1, -0.05) is 26.3 Å². The maximum absolute atomic E-state index is 5.07. The highest BCUT2D eigenvalue weighted by Crippen LogP contribution is 2.23. The number of rotatable bonds is 6. The van der Waals surface area contributed by atoms with Gasteiger partial charge in [0.1, 0.15) is 0 Å². The molecule has 1 fully saturated rings. The van der Waals surface area contributed by atoms with Crippen molar-refractivity contribution in [2.45, 2.75) is 45.1 Å². The van der Waals surface area contributed by atoms with Crippen LogP contribution in [0.25, 0.3) is 0 Å². The van der Waals surface area contributed by atoms with Crippen LogP contribution in [0.2, 0.25) is 0 Å². The third kappa shape index (κ3) is 4.66. The summed E-state index contributed by atoms with van der Waals surface area (Å²) in [6.07, 6.45) is 8.11. The van der Waals surface area contributed by atoms with Crippen LogP contribution in [0.15, 0.2) is 12.8 Å². The van der Waals surface area contributed by atoms with Crippen LogP contribution in [0.1, 0.15) is 39.0 Å². The Labute approximate surface area is 87.7 Å². The largest absolute Gasteiger partial charge is 0.502 e. The van der Waals surface area contributed by atoms with Gasteiger partial charge in [0, 0.05) is 6.04 Å². The van der Waals surface area contributed by atoms with Crippen LogP contribution < -0.4 is 5.32 Å². The SMILES string of the molecule is C=COCCCNC1CCCC(C)C1. The zero-order chi connectivity index (χ0) is 10.2. The lowest BCUT2D eigenvalue weighted by molar-refractivity contribution is 0.236. The van der Waals surface area contributed by atoms with E-state index in [-0.39, 0.29) is 0 Å². The molecule has 0 aromatic heterocycles. The van der Waals surface area contributed by atoms with E-state index in [1.54, 1.807) is 0 Å². The number of ether oxygens (including phenoxy) is 1. The fourth-order valence-electron chi connectivity index (χ4n) is 2.16. The number of hydrogen-bond donors (Lipinski definition) is 1. The molecule has 2 unspecified atom stereocenters. The molecule has 2 nitrogen and oxygen atoms in total. The maximum Gasteiger partial charge on any atom is 0.0885 e. The van der Waals surface area contributed by atoms with Crippen LogP contribution in [0.3, 0.4) is 0 Å². The van der Waals surface area contributed by atoms with Gasteiger partial charge in [-0.15, -0.1) is 0 Å². The fourth-order valence-corrected chi connectivity index (χ4v) is 2.16. The third-order valence-corrected chi connectivity index (χ3v) is 2.93. The van der Waals surface area contributed by atoms with E-state index >= 15 is 0 Å².